The summed E-state index contributed by atoms with van der Waals surface area (Å²) in [5.74, 6) is 0.787. The van der Waals surface area contributed by atoms with E-state index in [0.29, 0.717) is 6.54 Å². The minimum absolute atomic E-state index is 0.655. The van der Waals surface area contributed by atoms with Crippen LogP contribution >= 0.6 is 11.6 Å². The van der Waals surface area contributed by atoms with Crippen molar-refractivity contribution >= 4 is 17.6 Å². The van der Waals surface area contributed by atoms with E-state index in [-0.39, 0.29) is 0 Å². The van der Waals surface area contributed by atoms with Crippen molar-refractivity contribution < 1.29 is 4.74 Å². The Kier molecular flexibility index (Phi) is 9.62. The Morgan fingerprint density at radius 3 is 2.50 bits per heavy atom. The zero-order chi connectivity index (χ0) is 18.5. The fourth-order valence-corrected chi connectivity index (χ4v) is 2.72. The van der Waals surface area contributed by atoms with Gasteiger partial charge in [-0.2, -0.15) is 0 Å². The van der Waals surface area contributed by atoms with Crippen molar-refractivity contribution in [2.75, 3.05) is 26.8 Å². The van der Waals surface area contributed by atoms with Gasteiger partial charge in [-0.3, -0.25) is 4.99 Å². The highest BCUT2D eigenvalue weighted by Crippen LogP contribution is 2.14. The van der Waals surface area contributed by atoms with E-state index in [4.69, 9.17) is 16.3 Å². The summed E-state index contributed by atoms with van der Waals surface area (Å²) in [6, 6.07) is 18.2. The van der Waals surface area contributed by atoms with Crippen molar-refractivity contribution in [3.8, 4) is 0 Å². The molecule has 26 heavy (non-hydrogen) atoms. The molecule has 0 unspecified atom stereocenters. The second-order valence-electron chi connectivity index (χ2n) is 6.00. The number of rotatable bonds is 10. The van der Waals surface area contributed by atoms with E-state index in [9.17, 15) is 0 Å². The summed E-state index contributed by atoms with van der Waals surface area (Å²) in [5.41, 5.74) is 2.38. The molecule has 2 aromatic rings. The summed E-state index contributed by atoms with van der Waals surface area (Å²) in [6.07, 6.45) is 3.04. The van der Waals surface area contributed by atoms with Gasteiger partial charge in [0.15, 0.2) is 5.96 Å². The number of hydrogen-bond donors (Lipinski definition) is 2. The summed E-state index contributed by atoms with van der Waals surface area (Å²) in [5, 5.41) is 7.36. The van der Waals surface area contributed by atoms with Gasteiger partial charge in [-0.1, -0.05) is 60.1 Å². The molecule has 2 rings (SSSR count). The van der Waals surface area contributed by atoms with Crippen molar-refractivity contribution in [3.05, 3.63) is 70.7 Å². The molecule has 2 aromatic carbocycles. The van der Waals surface area contributed by atoms with Crippen LogP contribution in [0.1, 0.15) is 24.0 Å². The van der Waals surface area contributed by atoms with Crippen LogP contribution < -0.4 is 10.6 Å². The van der Waals surface area contributed by atoms with Gasteiger partial charge in [0.25, 0.3) is 0 Å². The van der Waals surface area contributed by atoms with E-state index < -0.39 is 0 Å². The highest BCUT2D eigenvalue weighted by molar-refractivity contribution is 6.31. The molecule has 4 nitrogen and oxygen atoms in total. The molecular formula is C21H28ClN3O. The highest BCUT2D eigenvalue weighted by atomic mass is 35.5. The van der Waals surface area contributed by atoms with Gasteiger partial charge >= 0.3 is 0 Å². The number of aliphatic imine (C=N–C) groups is 1. The lowest BCUT2D eigenvalue weighted by Gasteiger charge is -2.12. The third-order valence-corrected chi connectivity index (χ3v) is 4.38. The van der Waals surface area contributed by atoms with E-state index in [0.717, 1.165) is 55.6 Å². The van der Waals surface area contributed by atoms with Gasteiger partial charge < -0.3 is 15.4 Å². The molecule has 0 fully saturated rings. The van der Waals surface area contributed by atoms with Crippen molar-refractivity contribution in [3.63, 3.8) is 0 Å². The van der Waals surface area contributed by atoms with Gasteiger partial charge in [0.1, 0.15) is 0 Å². The maximum absolute atomic E-state index is 6.16. The Bertz CT molecular complexity index is 661. The molecule has 140 valence electrons. The molecule has 0 spiro atoms. The lowest BCUT2D eigenvalue weighted by molar-refractivity contribution is 0.133. The fraction of sp³-hybridized carbons (Fsp3) is 0.381. The Morgan fingerprint density at radius 2 is 1.73 bits per heavy atom. The Morgan fingerprint density at radius 1 is 0.962 bits per heavy atom. The van der Waals surface area contributed by atoms with E-state index in [2.05, 4.69) is 39.9 Å². The molecule has 0 bridgehead atoms. The molecule has 0 aromatic heterocycles. The van der Waals surface area contributed by atoms with Crippen LogP contribution in [0.4, 0.5) is 0 Å². The zero-order valence-corrected chi connectivity index (χ0v) is 16.1. The number of benzene rings is 2. The summed E-state index contributed by atoms with van der Waals surface area (Å²) < 4.78 is 5.70. The van der Waals surface area contributed by atoms with E-state index in [1.54, 1.807) is 7.05 Å². The normalized spacial score (nSPS) is 11.4. The number of unbranched alkanes of at least 4 members (excludes halogenated alkanes) is 1. The monoisotopic (exact) mass is 373 g/mol. The molecule has 0 aliphatic rings. The van der Waals surface area contributed by atoms with Crippen LogP contribution in [0.25, 0.3) is 0 Å². The fourth-order valence-electron chi connectivity index (χ4n) is 2.51. The van der Waals surface area contributed by atoms with Crippen molar-refractivity contribution in [1.82, 2.24) is 10.6 Å². The number of hydrogen-bond acceptors (Lipinski definition) is 2. The smallest absolute Gasteiger partial charge is 0.191 e. The van der Waals surface area contributed by atoms with Crippen molar-refractivity contribution in [1.29, 1.82) is 0 Å². The molecule has 0 atom stereocenters. The largest absolute Gasteiger partial charge is 0.381 e. The SMILES string of the molecule is CN=C(NCCCCOCCc1ccccc1)NCc1ccccc1Cl. The molecule has 0 amide bonds. The van der Waals surface area contributed by atoms with Gasteiger partial charge in [-0.15, -0.1) is 0 Å². The molecule has 0 aliphatic carbocycles. The second kappa shape index (κ2) is 12.3. The molecule has 0 radical (unpaired) electrons. The van der Waals surface area contributed by atoms with Crippen LogP contribution in [0.15, 0.2) is 59.6 Å². The van der Waals surface area contributed by atoms with E-state index in [1.807, 2.05) is 30.3 Å². The van der Waals surface area contributed by atoms with E-state index >= 15 is 0 Å². The van der Waals surface area contributed by atoms with Gasteiger partial charge in [0.2, 0.25) is 0 Å². The third kappa shape index (κ3) is 7.89. The minimum Gasteiger partial charge on any atom is -0.381 e. The first-order valence-corrected chi connectivity index (χ1v) is 9.47. The number of nitrogens with one attached hydrogen (secondary N) is 2. The summed E-state index contributed by atoms with van der Waals surface area (Å²) in [4.78, 5) is 4.23. The maximum Gasteiger partial charge on any atom is 0.191 e. The average molecular weight is 374 g/mol. The average Bonchev–Trinajstić information content (AvgIpc) is 2.68. The van der Waals surface area contributed by atoms with Crippen LogP contribution in [0.5, 0.6) is 0 Å². The predicted molar refractivity (Wildman–Crippen MR) is 110 cm³/mol. The third-order valence-electron chi connectivity index (χ3n) is 4.01. The topological polar surface area (TPSA) is 45.7 Å². The van der Waals surface area contributed by atoms with Gasteiger partial charge in [-0.25, -0.2) is 0 Å². The molecule has 2 N–H and O–H groups in total. The first kappa shape index (κ1) is 20.3. The van der Waals surface area contributed by atoms with Crippen LogP contribution in [0, 0.1) is 0 Å². The van der Waals surface area contributed by atoms with E-state index in [1.165, 1.54) is 5.56 Å². The van der Waals surface area contributed by atoms with Gasteiger partial charge in [-0.05, 0) is 36.5 Å². The number of halogens is 1. The Balaban J connectivity index is 1.51. The predicted octanol–water partition coefficient (Wildman–Crippen LogP) is 4.04. The summed E-state index contributed by atoms with van der Waals surface area (Å²) >= 11 is 6.16. The number of guanidine groups is 1. The lowest BCUT2D eigenvalue weighted by Crippen LogP contribution is -2.37. The Hall–Kier alpha value is -2.04. The number of ether oxygens (including phenoxy) is 1. The molecule has 0 heterocycles. The van der Waals surface area contributed by atoms with Crippen LogP contribution in [-0.4, -0.2) is 32.8 Å². The molecule has 0 saturated carbocycles. The molecule has 0 saturated heterocycles. The maximum atomic E-state index is 6.16. The second-order valence-corrected chi connectivity index (χ2v) is 6.41. The summed E-state index contributed by atoms with van der Waals surface area (Å²) in [6.45, 7) is 3.09. The van der Waals surface area contributed by atoms with Crippen molar-refractivity contribution in [2.45, 2.75) is 25.8 Å². The highest BCUT2D eigenvalue weighted by Gasteiger charge is 2.01. The number of nitrogens with zero attached hydrogens (tertiary/aromatic N) is 1. The van der Waals surface area contributed by atoms with Crippen LogP contribution in [0.3, 0.4) is 0 Å². The van der Waals surface area contributed by atoms with Crippen LogP contribution in [-0.2, 0) is 17.7 Å². The first-order chi connectivity index (χ1) is 12.8. The van der Waals surface area contributed by atoms with Gasteiger partial charge in [0, 0.05) is 31.8 Å². The first-order valence-electron chi connectivity index (χ1n) is 9.09. The lowest BCUT2D eigenvalue weighted by atomic mass is 10.2. The molecule has 0 aliphatic heterocycles. The quantitative estimate of drug-likeness (QED) is 0.375. The molecule has 5 heteroatoms. The Labute approximate surface area is 161 Å². The minimum atomic E-state index is 0.655. The molecular weight excluding hydrogens is 346 g/mol. The van der Waals surface area contributed by atoms with Crippen molar-refractivity contribution in [2.24, 2.45) is 4.99 Å². The standard InChI is InChI=1S/C21H28ClN3O/c1-23-21(25-17-19-11-5-6-12-20(19)22)24-14-7-8-15-26-16-13-18-9-3-2-4-10-18/h2-6,9-12H,7-8,13-17H2,1H3,(H2,23,24,25). The zero-order valence-electron chi connectivity index (χ0n) is 15.4. The summed E-state index contributed by atoms with van der Waals surface area (Å²) in [7, 11) is 1.77. The van der Waals surface area contributed by atoms with Gasteiger partial charge in [0.05, 0.1) is 6.61 Å². The van der Waals surface area contributed by atoms with Crippen LogP contribution in [0.2, 0.25) is 5.02 Å².